The van der Waals surface area contributed by atoms with Gasteiger partial charge in [-0.2, -0.15) is 0 Å². The van der Waals surface area contributed by atoms with Crippen molar-refractivity contribution in [2.75, 3.05) is 0 Å². The van der Waals surface area contributed by atoms with Crippen LogP contribution in [0.4, 0.5) is 0 Å². The third-order valence-electron chi connectivity index (χ3n) is 1.64. The van der Waals surface area contributed by atoms with E-state index >= 15 is 0 Å². The Morgan fingerprint density at radius 2 is 2.25 bits per heavy atom. The van der Waals surface area contributed by atoms with Gasteiger partial charge in [-0.1, -0.05) is 19.1 Å². The number of carboxylic acid groups (broad SMARTS) is 1. The van der Waals surface area contributed by atoms with Gasteiger partial charge in [0.25, 0.3) is 0 Å². The lowest BCUT2D eigenvalue weighted by atomic mass is 10.3. The second-order valence-corrected chi connectivity index (χ2v) is 2.18. The Morgan fingerprint density at radius 1 is 1.88 bits per heavy atom. The Labute approximate surface area is 47.8 Å². The number of hydrogen-bond donors (Lipinski definition) is 1. The summed E-state index contributed by atoms with van der Waals surface area (Å²) in [7, 11) is 0. The van der Waals surface area contributed by atoms with Gasteiger partial charge in [0.2, 0.25) is 0 Å². The standard InChI is InChI=1S/C6H8O2/c1-3-4(2)5(3)6(7)8/h4-5H,1H2,2H3,(H,7,8)/t4-,5-/m1/s1. The highest BCUT2D eigenvalue weighted by Gasteiger charge is 2.44. The van der Waals surface area contributed by atoms with Gasteiger partial charge in [0.15, 0.2) is 0 Å². The van der Waals surface area contributed by atoms with Gasteiger partial charge in [0.05, 0.1) is 5.92 Å². The predicted octanol–water partition coefficient (Wildman–Crippen LogP) is 0.893. The van der Waals surface area contributed by atoms with Crippen molar-refractivity contribution in [1.82, 2.24) is 0 Å². The molecule has 2 heteroatoms. The van der Waals surface area contributed by atoms with E-state index in [1.807, 2.05) is 6.92 Å². The molecular weight excluding hydrogens is 104 g/mol. The molecule has 1 rings (SSSR count). The highest BCUT2D eigenvalue weighted by Crippen LogP contribution is 2.43. The van der Waals surface area contributed by atoms with E-state index in [-0.39, 0.29) is 11.8 Å². The second kappa shape index (κ2) is 1.34. The molecule has 1 aliphatic carbocycles. The molecule has 0 spiro atoms. The highest BCUT2D eigenvalue weighted by molar-refractivity contribution is 5.79. The Balaban J connectivity index is 2.57. The maximum absolute atomic E-state index is 10.1. The van der Waals surface area contributed by atoms with Crippen molar-refractivity contribution in [2.24, 2.45) is 11.8 Å². The molecule has 0 heterocycles. The molecule has 1 fully saturated rings. The lowest BCUT2D eigenvalue weighted by Gasteiger charge is -1.79. The molecule has 0 aliphatic heterocycles. The van der Waals surface area contributed by atoms with E-state index in [0.717, 1.165) is 5.57 Å². The molecule has 0 aromatic heterocycles. The zero-order chi connectivity index (χ0) is 6.31. The molecule has 8 heavy (non-hydrogen) atoms. The summed E-state index contributed by atoms with van der Waals surface area (Å²) in [6.07, 6.45) is 0. The van der Waals surface area contributed by atoms with Crippen molar-refractivity contribution >= 4 is 5.97 Å². The monoisotopic (exact) mass is 112 g/mol. The van der Waals surface area contributed by atoms with E-state index in [2.05, 4.69) is 6.58 Å². The van der Waals surface area contributed by atoms with E-state index in [1.54, 1.807) is 0 Å². The summed E-state index contributed by atoms with van der Waals surface area (Å²) in [6.45, 7) is 5.45. The second-order valence-electron chi connectivity index (χ2n) is 2.18. The van der Waals surface area contributed by atoms with Crippen LogP contribution in [0.3, 0.4) is 0 Å². The fourth-order valence-corrected chi connectivity index (χ4v) is 0.836. The van der Waals surface area contributed by atoms with Crippen LogP contribution in [0.15, 0.2) is 12.2 Å². The van der Waals surface area contributed by atoms with E-state index in [4.69, 9.17) is 5.11 Å². The number of aliphatic carboxylic acids is 1. The molecule has 0 aromatic rings. The van der Waals surface area contributed by atoms with E-state index in [9.17, 15) is 4.79 Å². The number of carboxylic acids is 1. The lowest BCUT2D eigenvalue weighted by molar-refractivity contribution is -0.138. The molecule has 0 bridgehead atoms. The fourth-order valence-electron chi connectivity index (χ4n) is 0.836. The molecule has 0 radical (unpaired) electrons. The lowest BCUT2D eigenvalue weighted by Crippen LogP contribution is -1.97. The first-order chi connectivity index (χ1) is 3.64. The molecule has 2 nitrogen and oxygen atoms in total. The van der Waals surface area contributed by atoms with Gasteiger partial charge in [-0.05, 0) is 5.92 Å². The van der Waals surface area contributed by atoms with Gasteiger partial charge in [0.1, 0.15) is 0 Å². The normalized spacial score (nSPS) is 34.9. The molecule has 0 amide bonds. The Hall–Kier alpha value is -0.790. The summed E-state index contributed by atoms with van der Waals surface area (Å²) in [6, 6.07) is 0. The largest absolute Gasteiger partial charge is 0.481 e. The molecule has 1 saturated carbocycles. The third kappa shape index (κ3) is 0.529. The molecule has 2 atom stereocenters. The van der Waals surface area contributed by atoms with Crippen LogP contribution in [0.1, 0.15) is 6.92 Å². The maximum atomic E-state index is 10.1. The number of rotatable bonds is 1. The zero-order valence-electron chi connectivity index (χ0n) is 4.72. The molecule has 44 valence electrons. The van der Waals surface area contributed by atoms with Crippen molar-refractivity contribution in [3.8, 4) is 0 Å². The summed E-state index contributed by atoms with van der Waals surface area (Å²) in [5.41, 5.74) is 0.859. The van der Waals surface area contributed by atoms with Gasteiger partial charge in [-0.15, -0.1) is 0 Å². The summed E-state index contributed by atoms with van der Waals surface area (Å²) in [5.74, 6) is -0.759. The Morgan fingerprint density at radius 3 is 2.25 bits per heavy atom. The van der Waals surface area contributed by atoms with Gasteiger partial charge in [-0.25, -0.2) is 0 Å². The summed E-state index contributed by atoms with van der Waals surface area (Å²) < 4.78 is 0. The highest BCUT2D eigenvalue weighted by atomic mass is 16.4. The van der Waals surface area contributed by atoms with Crippen LogP contribution in [0.5, 0.6) is 0 Å². The predicted molar refractivity (Wildman–Crippen MR) is 29.4 cm³/mol. The number of carbonyl (C=O) groups is 1. The smallest absolute Gasteiger partial charge is 0.311 e. The van der Waals surface area contributed by atoms with Crippen molar-refractivity contribution in [3.63, 3.8) is 0 Å². The van der Waals surface area contributed by atoms with Gasteiger partial charge in [-0.3, -0.25) is 4.79 Å². The quantitative estimate of drug-likeness (QED) is 0.511. The fraction of sp³-hybridized carbons (Fsp3) is 0.500. The minimum Gasteiger partial charge on any atom is -0.481 e. The summed E-state index contributed by atoms with van der Waals surface area (Å²) >= 11 is 0. The van der Waals surface area contributed by atoms with Crippen LogP contribution in [-0.4, -0.2) is 11.1 Å². The Kier molecular flexibility index (Phi) is 0.897. The van der Waals surface area contributed by atoms with Crippen molar-refractivity contribution in [3.05, 3.63) is 12.2 Å². The molecule has 1 aliphatic rings. The van der Waals surface area contributed by atoms with Crippen molar-refractivity contribution in [1.29, 1.82) is 0 Å². The van der Waals surface area contributed by atoms with Crippen molar-refractivity contribution < 1.29 is 9.90 Å². The first-order valence-electron chi connectivity index (χ1n) is 2.56. The topological polar surface area (TPSA) is 37.3 Å². The van der Waals surface area contributed by atoms with Crippen LogP contribution in [0.2, 0.25) is 0 Å². The van der Waals surface area contributed by atoms with Crippen LogP contribution in [-0.2, 0) is 4.79 Å². The maximum Gasteiger partial charge on any atom is 0.311 e. The van der Waals surface area contributed by atoms with Crippen LogP contribution in [0.25, 0.3) is 0 Å². The third-order valence-corrected chi connectivity index (χ3v) is 1.64. The molecule has 0 unspecified atom stereocenters. The van der Waals surface area contributed by atoms with Crippen LogP contribution >= 0.6 is 0 Å². The molecule has 0 aromatic carbocycles. The minimum atomic E-state index is -0.734. The first kappa shape index (κ1) is 5.35. The SMILES string of the molecule is C=C1[C@@H](C(=O)O)[C@@H]1C. The van der Waals surface area contributed by atoms with Gasteiger partial charge in [0, 0.05) is 0 Å². The summed E-state index contributed by atoms with van der Waals surface area (Å²) in [4.78, 5) is 10.1. The van der Waals surface area contributed by atoms with E-state index in [0.29, 0.717) is 0 Å². The van der Waals surface area contributed by atoms with Crippen LogP contribution in [0, 0.1) is 11.8 Å². The number of hydrogen-bond acceptors (Lipinski definition) is 1. The molecule has 0 saturated heterocycles. The summed E-state index contributed by atoms with van der Waals surface area (Å²) in [5, 5.41) is 8.33. The zero-order valence-corrected chi connectivity index (χ0v) is 4.72. The first-order valence-corrected chi connectivity index (χ1v) is 2.56. The molecular formula is C6H8O2. The van der Waals surface area contributed by atoms with Gasteiger partial charge >= 0.3 is 5.97 Å². The average Bonchev–Trinajstić information content (AvgIpc) is 2.15. The van der Waals surface area contributed by atoms with E-state index in [1.165, 1.54) is 0 Å². The van der Waals surface area contributed by atoms with E-state index < -0.39 is 5.97 Å². The Bertz CT molecular complexity index is 141. The minimum absolute atomic E-state index is 0.215. The average molecular weight is 112 g/mol. The van der Waals surface area contributed by atoms with Crippen molar-refractivity contribution in [2.45, 2.75) is 6.92 Å². The van der Waals surface area contributed by atoms with Crippen LogP contribution < -0.4 is 0 Å². The molecule has 1 N–H and O–H groups in total. The van der Waals surface area contributed by atoms with Gasteiger partial charge < -0.3 is 5.11 Å².